The van der Waals surface area contributed by atoms with E-state index in [1.807, 2.05) is 46.8 Å². The summed E-state index contributed by atoms with van der Waals surface area (Å²) in [5.74, 6) is 0.574. The minimum Gasteiger partial charge on any atom is -1.00 e. The first-order chi connectivity index (χ1) is 12.2. The molecule has 2 rings (SSSR count). The molecule has 0 aliphatic carbocycles. The second kappa shape index (κ2) is 9.38. The molecule has 0 fully saturated rings. The molecule has 0 aliphatic rings. The van der Waals surface area contributed by atoms with Crippen molar-refractivity contribution in [3.8, 4) is 0 Å². The van der Waals surface area contributed by atoms with Gasteiger partial charge in [-0.1, -0.05) is 0 Å². The standard InChI is InChI=1S/C19H27N3O4.HI/c1-7-21-14-10-9-13(17(23)25-6)11-15(14)22(8-2)16(21)12-20-18(24)26-19(3,4)5;/h9-11H,7-8,12H2,1-6H3;1H. The fourth-order valence-electron chi connectivity index (χ4n) is 3.00. The number of halogens is 1. The monoisotopic (exact) mass is 489 g/mol. The third kappa shape index (κ3) is 5.33. The number of esters is 1. The Balaban J connectivity index is 0.00000364. The highest BCUT2D eigenvalue weighted by molar-refractivity contribution is 5.93. The smallest absolute Gasteiger partial charge is 0.408 e. The number of aromatic nitrogens is 2. The number of imidazole rings is 1. The number of aryl methyl sites for hydroxylation is 2. The fourth-order valence-corrected chi connectivity index (χ4v) is 3.00. The molecule has 1 amide bonds. The predicted molar refractivity (Wildman–Crippen MR) is 97.9 cm³/mol. The largest absolute Gasteiger partial charge is 1.00 e. The second-order valence-corrected chi connectivity index (χ2v) is 6.96. The number of benzene rings is 1. The van der Waals surface area contributed by atoms with Crippen LogP contribution >= 0.6 is 0 Å². The SMILES string of the molecule is CCn1c(CNC(=O)OC(C)(C)C)[n+](CC)c2ccc(C(=O)OC)cc21.[I-]. The van der Waals surface area contributed by atoms with Gasteiger partial charge < -0.3 is 38.8 Å². The normalized spacial score (nSPS) is 11.0. The van der Waals surface area contributed by atoms with Crippen molar-refractivity contribution in [3.05, 3.63) is 29.6 Å². The van der Waals surface area contributed by atoms with Gasteiger partial charge >= 0.3 is 12.1 Å². The number of carbonyl (C=O) groups excluding carboxylic acids is 2. The summed E-state index contributed by atoms with van der Waals surface area (Å²) >= 11 is 0. The summed E-state index contributed by atoms with van der Waals surface area (Å²) in [6, 6.07) is 5.49. The number of hydrogen-bond donors (Lipinski definition) is 1. The van der Waals surface area contributed by atoms with E-state index < -0.39 is 11.7 Å². The molecule has 7 nitrogen and oxygen atoms in total. The van der Waals surface area contributed by atoms with Crippen LogP contribution in [0.15, 0.2) is 18.2 Å². The Morgan fingerprint density at radius 2 is 1.89 bits per heavy atom. The van der Waals surface area contributed by atoms with Crippen molar-refractivity contribution in [3.63, 3.8) is 0 Å². The van der Waals surface area contributed by atoms with E-state index >= 15 is 0 Å². The Morgan fingerprint density at radius 3 is 2.41 bits per heavy atom. The van der Waals surface area contributed by atoms with Gasteiger partial charge in [0.15, 0.2) is 11.0 Å². The first kappa shape index (κ1) is 23.2. The van der Waals surface area contributed by atoms with E-state index in [-0.39, 0.29) is 29.9 Å². The zero-order valence-corrected chi connectivity index (χ0v) is 18.9. The average Bonchev–Trinajstić information content (AvgIpc) is 2.89. The van der Waals surface area contributed by atoms with E-state index in [1.54, 1.807) is 6.07 Å². The molecule has 0 spiro atoms. The lowest BCUT2D eigenvalue weighted by atomic mass is 10.2. The van der Waals surface area contributed by atoms with Crippen LogP contribution < -0.4 is 33.9 Å². The zero-order valence-electron chi connectivity index (χ0n) is 16.8. The van der Waals surface area contributed by atoms with Crippen LogP contribution in [-0.4, -0.2) is 29.3 Å². The van der Waals surface area contributed by atoms with E-state index in [2.05, 4.69) is 14.5 Å². The van der Waals surface area contributed by atoms with E-state index in [9.17, 15) is 9.59 Å². The summed E-state index contributed by atoms with van der Waals surface area (Å²) in [5.41, 5.74) is 1.89. The molecule has 8 heteroatoms. The topological polar surface area (TPSA) is 73.4 Å². The lowest BCUT2D eigenvalue weighted by Gasteiger charge is -2.19. The number of methoxy groups -OCH3 is 1. The minimum atomic E-state index is -0.544. The number of alkyl carbamates (subject to hydrolysis) is 1. The Hall–Kier alpha value is -1.84. The third-order valence-electron chi connectivity index (χ3n) is 4.02. The van der Waals surface area contributed by atoms with Gasteiger partial charge in [0.1, 0.15) is 12.1 Å². The van der Waals surface area contributed by atoms with Gasteiger partial charge in [0, 0.05) is 6.07 Å². The summed E-state index contributed by atoms with van der Waals surface area (Å²) in [7, 11) is 1.37. The fraction of sp³-hybridized carbons (Fsp3) is 0.526. The molecule has 0 aliphatic heterocycles. The Morgan fingerprint density at radius 1 is 1.22 bits per heavy atom. The number of nitrogens with one attached hydrogen (secondary N) is 1. The van der Waals surface area contributed by atoms with Gasteiger partial charge in [-0.15, -0.1) is 0 Å². The van der Waals surface area contributed by atoms with Gasteiger partial charge in [-0.3, -0.25) is 0 Å². The molecule has 1 aromatic carbocycles. The molecule has 0 radical (unpaired) electrons. The number of rotatable bonds is 5. The number of amides is 1. The van der Waals surface area contributed by atoms with E-state index in [0.717, 1.165) is 23.4 Å². The Kier molecular flexibility index (Phi) is 8.06. The molecule has 2 aromatic rings. The van der Waals surface area contributed by atoms with Crippen LogP contribution in [0.4, 0.5) is 4.79 Å². The summed E-state index contributed by atoms with van der Waals surface area (Å²) in [5, 5.41) is 2.82. The van der Waals surface area contributed by atoms with Crippen LogP contribution in [0.1, 0.15) is 50.8 Å². The van der Waals surface area contributed by atoms with Crippen LogP contribution in [0.3, 0.4) is 0 Å². The number of hydrogen-bond acceptors (Lipinski definition) is 4. The number of fused-ring (bicyclic) bond motifs is 1. The molecule has 0 bridgehead atoms. The molecule has 27 heavy (non-hydrogen) atoms. The summed E-state index contributed by atoms with van der Waals surface area (Å²) < 4.78 is 14.3. The third-order valence-corrected chi connectivity index (χ3v) is 4.02. The average molecular weight is 489 g/mol. The number of nitrogens with zero attached hydrogens (tertiary/aromatic N) is 2. The molecule has 1 aromatic heterocycles. The predicted octanol–water partition coefficient (Wildman–Crippen LogP) is -0.216. The second-order valence-electron chi connectivity index (χ2n) is 6.96. The van der Waals surface area contributed by atoms with Gasteiger partial charge in [0.05, 0.1) is 25.8 Å². The van der Waals surface area contributed by atoms with E-state index in [4.69, 9.17) is 9.47 Å². The van der Waals surface area contributed by atoms with Crippen LogP contribution in [0, 0.1) is 0 Å². The summed E-state index contributed by atoms with van der Waals surface area (Å²) in [6.45, 7) is 11.3. The Bertz CT molecular complexity index is 824. The highest BCUT2D eigenvalue weighted by Gasteiger charge is 2.25. The van der Waals surface area contributed by atoms with Gasteiger partial charge in [-0.2, -0.15) is 0 Å². The molecule has 0 unspecified atom stereocenters. The van der Waals surface area contributed by atoms with Crippen LogP contribution in [-0.2, 0) is 29.1 Å². The highest BCUT2D eigenvalue weighted by Crippen LogP contribution is 2.18. The van der Waals surface area contributed by atoms with Crippen molar-refractivity contribution >= 4 is 23.1 Å². The van der Waals surface area contributed by atoms with Crippen LogP contribution in [0.25, 0.3) is 11.0 Å². The zero-order chi connectivity index (χ0) is 19.5. The van der Waals surface area contributed by atoms with E-state index in [1.165, 1.54) is 7.11 Å². The molecular weight excluding hydrogens is 461 g/mol. The molecule has 1 N–H and O–H groups in total. The van der Waals surface area contributed by atoms with Gasteiger partial charge in [-0.05, 0) is 46.8 Å². The van der Waals surface area contributed by atoms with Crippen molar-refractivity contribution in [2.75, 3.05) is 7.11 Å². The lowest BCUT2D eigenvalue weighted by Crippen LogP contribution is -3.00. The maximum Gasteiger partial charge on any atom is 0.408 e. The first-order valence-corrected chi connectivity index (χ1v) is 8.82. The summed E-state index contributed by atoms with van der Waals surface area (Å²) in [4.78, 5) is 23.9. The molecule has 0 saturated heterocycles. The van der Waals surface area contributed by atoms with Crippen LogP contribution in [0.2, 0.25) is 0 Å². The lowest BCUT2D eigenvalue weighted by molar-refractivity contribution is -0.676. The molecule has 0 atom stereocenters. The first-order valence-electron chi connectivity index (χ1n) is 8.82. The van der Waals surface area contributed by atoms with Crippen molar-refractivity contribution < 1.29 is 47.6 Å². The van der Waals surface area contributed by atoms with Gasteiger partial charge in [-0.25, -0.2) is 18.7 Å². The number of ether oxygens (including phenoxy) is 2. The van der Waals surface area contributed by atoms with Crippen molar-refractivity contribution in [1.29, 1.82) is 0 Å². The maximum absolute atomic E-state index is 12.0. The van der Waals surface area contributed by atoms with Gasteiger partial charge in [0.25, 0.3) is 5.82 Å². The van der Waals surface area contributed by atoms with Crippen molar-refractivity contribution in [1.82, 2.24) is 9.88 Å². The van der Waals surface area contributed by atoms with Gasteiger partial charge in [0.2, 0.25) is 0 Å². The van der Waals surface area contributed by atoms with E-state index in [0.29, 0.717) is 18.7 Å². The minimum absolute atomic E-state index is 0. The molecule has 1 heterocycles. The highest BCUT2D eigenvalue weighted by atomic mass is 127. The maximum atomic E-state index is 12.0. The van der Waals surface area contributed by atoms with Crippen LogP contribution in [0.5, 0.6) is 0 Å². The number of carbonyl (C=O) groups is 2. The quantitative estimate of drug-likeness (QED) is 0.359. The molecular formula is C19H28IN3O4. The summed E-state index contributed by atoms with van der Waals surface area (Å²) in [6.07, 6.45) is -0.455. The Labute approximate surface area is 177 Å². The van der Waals surface area contributed by atoms with Crippen molar-refractivity contribution in [2.24, 2.45) is 0 Å². The molecule has 150 valence electrons. The van der Waals surface area contributed by atoms with Crippen molar-refractivity contribution in [2.45, 2.75) is 59.9 Å². The molecule has 0 saturated carbocycles.